The number of furan rings is 1. The highest BCUT2D eigenvalue weighted by molar-refractivity contribution is 7.80. The van der Waals surface area contributed by atoms with Crippen LogP contribution in [-0.2, 0) is 14.3 Å². The second kappa shape index (κ2) is 9.93. The summed E-state index contributed by atoms with van der Waals surface area (Å²) in [5.41, 5.74) is 1.95. The average molecular weight is 506 g/mol. The van der Waals surface area contributed by atoms with Gasteiger partial charge in [0, 0.05) is 5.56 Å². The molecule has 1 fully saturated rings. The van der Waals surface area contributed by atoms with E-state index >= 15 is 0 Å². The van der Waals surface area contributed by atoms with E-state index in [2.05, 4.69) is 5.32 Å². The van der Waals surface area contributed by atoms with E-state index in [0.717, 1.165) is 5.56 Å². The number of rotatable bonds is 5. The van der Waals surface area contributed by atoms with Gasteiger partial charge in [-0.05, 0) is 67.7 Å². The third-order valence-corrected chi connectivity index (χ3v) is 5.66. The van der Waals surface area contributed by atoms with Gasteiger partial charge in [-0.2, -0.15) is 5.26 Å². The number of esters is 1. The molecule has 0 radical (unpaired) electrons. The lowest BCUT2D eigenvalue weighted by Crippen LogP contribution is -2.54. The van der Waals surface area contributed by atoms with Crippen LogP contribution < -0.4 is 10.2 Å². The number of hydrogen-bond acceptors (Lipinski definition) is 7. The van der Waals surface area contributed by atoms with Gasteiger partial charge in [0.15, 0.2) is 11.7 Å². The molecule has 0 aliphatic carbocycles. The predicted octanol–water partition coefficient (Wildman–Crippen LogP) is 4.42. The normalized spacial score (nSPS) is 14.6. The molecular weight excluding hydrogens is 490 g/mol. The molecule has 10 heteroatoms. The molecule has 0 bridgehead atoms. The maximum Gasteiger partial charge on any atom is 0.340 e. The minimum atomic E-state index is -0.746. The van der Waals surface area contributed by atoms with Gasteiger partial charge in [-0.3, -0.25) is 19.8 Å². The van der Waals surface area contributed by atoms with Crippen molar-refractivity contribution < 1.29 is 23.5 Å². The average Bonchev–Trinajstić information content (AvgIpc) is 3.30. The molecule has 4 rings (SSSR count). The number of carbonyl (C=O) groups is 3. The fourth-order valence-corrected chi connectivity index (χ4v) is 3.80. The number of nitriles is 1. The number of benzene rings is 2. The molecule has 0 saturated carbocycles. The highest BCUT2D eigenvalue weighted by Gasteiger charge is 2.34. The fourth-order valence-electron chi connectivity index (χ4n) is 3.32. The molecule has 3 aromatic rings. The van der Waals surface area contributed by atoms with Crippen molar-refractivity contribution in [2.45, 2.75) is 6.92 Å². The maximum absolute atomic E-state index is 13.1. The Morgan fingerprint density at radius 3 is 2.66 bits per heavy atom. The third kappa shape index (κ3) is 4.99. The number of hydrogen-bond donors (Lipinski definition) is 1. The lowest BCUT2D eigenvalue weighted by molar-refractivity contribution is -0.122. The zero-order chi connectivity index (χ0) is 25.1. The summed E-state index contributed by atoms with van der Waals surface area (Å²) in [5.74, 6) is -1.38. The topological polar surface area (TPSA) is 113 Å². The Bertz CT molecular complexity index is 1440. The SMILES string of the molecule is Cc1ccc(N2C(=O)/C(=C/c3ccc(-c4ccc(Cl)c(C(=O)OCC#N)c4)o3)C(=O)NC2=S)cc1. The zero-order valence-corrected chi connectivity index (χ0v) is 19.8. The van der Waals surface area contributed by atoms with Gasteiger partial charge < -0.3 is 9.15 Å². The molecule has 2 heterocycles. The summed E-state index contributed by atoms with van der Waals surface area (Å²) >= 11 is 11.3. The quantitative estimate of drug-likeness (QED) is 0.236. The zero-order valence-electron chi connectivity index (χ0n) is 18.2. The first-order chi connectivity index (χ1) is 16.8. The molecule has 1 aliphatic rings. The Hall–Kier alpha value is -4.26. The van der Waals surface area contributed by atoms with Gasteiger partial charge >= 0.3 is 5.97 Å². The molecule has 0 atom stereocenters. The van der Waals surface area contributed by atoms with Gasteiger partial charge in [0.2, 0.25) is 0 Å². The smallest absolute Gasteiger partial charge is 0.340 e. The number of amides is 2. The van der Waals surface area contributed by atoms with Crippen LogP contribution in [0.1, 0.15) is 21.7 Å². The molecule has 35 heavy (non-hydrogen) atoms. The summed E-state index contributed by atoms with van der Waals surface area (Å²) < 4.78 is 10.6. The summed E-state index contributed by atoms with van der Waals surface area (Å²) in [5, 5.41) is 11.3. The van der Waals surface area contributed by atoms with Crippen LogP contribution in [0.4, 0.5) is 5.69 Å². The highest BCUT2D eigenvalue weighted by Crippen LogP contribution is 2.29. The van der Waals surface area contributed by atoms with E-state index < -0.39 is 24.4 Å². The van der Waals surface area contributed by atoms with Gasteiger partial charge in [0.05, 0.1) is 16.3 Å². The highest BCUT2D eigenvalue weighted by atomic mass is 35.5. The first-order valence-electron chi connectivity index (χ1n) is 10.2. The van der Waals surface area contributed by atoms with Crippen molar-refractivity contribution in [1.82, 2.24) is 5.32 Å². The minimum Gasteiger partial charge on any atom is -0.457 e. The van der Waals surface area contributed by atoms with Gasteiger partial charge in [-0.1, -0.05) is 29.3 Å². The van der Waals surface area contributed by atoms with Crippen LogP contribution in [0.25, 0.3) is 17.4 Å². The maximum atomic E-state index is 13.1. The number of nitrogens with one attached hydrogen (secondary N) is 1. The van der Waals surface area contributed by atoms with Crippen LogP contribution in [0, 0.1) is 18.3 Å². The molecule has 1 aromatic heterocycles. The number of aryl methyl sites for hydroxylation is 1. The lowest BCUT2D eigenvalue weighted by Gasteiger charge is -2.28. The summed E-state index contributed by atoms with van der Waals surface area (Å²) in [7, 11) is 0. The molecule has 8 nitrogen and oxygen atoms in total. The van der Waals surface area contributed by atoms with Crippen molar-refractivity contribution in [1.29, 1.82) is 5.26 Å². The molecule has 1 saturated heterocycles. The predicted molar refractivity (Wildman–Crippen MR) is 132 cm³/mol. The molecule has 1 aliphatic heterocycles. The Morgan fingerprint density at radius 2 is 1.94 bits per heavy atom. The van der Waals surface area contributed by atoms with Crippen molar-refractivity contribution in [3.8, 4) is 17.4 Å². The lowest BCUT2D eigenvalue weighted by atomic mass is 10.1. The number of anilines is 1. The Balaban J connectivity index is 1.63. The van der Waals surface area contributed by atoms with Crippen LogP contribution >= 0.6 is 23.8 Å². The van der Waals surface area contributed by atoms with Crippen LogP contribution in [0.15, 0.2) is 64.6 Å². The summed E-state index contributed by atoms with van der Waals surface area (Å²) in [6.45, 7) is 1.51. The molecule has 2 amide bonds. The van der Waals surface area contributed by atoms with Crippen LogP contribution in [0.3, 0.4) is 0 Å². The van der Waals surface area contributed by atoms with Gasteiger partial charge in [0.25, 0.3) is 11.8 Å². The van der Waals surface area contributed by atoms with E-state index in [1.54, 1.807) is 36.4 Å². The van der Waals surface area contributed by atoms with E-state index in [0.29, 0.717) is 17.0 Å². The number of nitrogens with zero attached hydrogens (tertiary/aromatic N) is 2. The molecule has 2 aromatic carbocycles. The summed E-state index contributed by atoms with van der Waals surface area (Å²) in [6.07, 6.45) is 1.32. The van der Waals surface area contributed by atoms with Crippen molar-refractivity contribution >= 4 is 58.5 Å². The largest absolute Gasteiger partial charge is 0.457 e. The van der Waals surface area contributed by atoms with Gasteiger partial charge in [-0.25, -0.2) is 4.79 Å². The van der Waals surface area contributed by atoms with Crippen molar-refractivity contribution in [2.75, 3.05) is 11.5 Å². The number of thiocarbonyl (C=S) groups is 1. The van der Waals surface area contributed by atoms with Crippen molar-refractivity contribution in [2.24, 2.45) is 0 Å². The molecule has 174 valence electrons. The third-order valence-electron chi connectivity index (χ3n) is 5.05. The van der Waals surface area contributed by atoms with E-state index in [9.17, 15) is 14.4 Å². The second-order valence-corrected chi connectivity index (χ2v) is 8.22. The van der Waals surface area contributed by atoms with Crippen molar-refractivity contribution in [3.63, 3.8) is 0 Å². The van der Waals surface area contributed by atoms with Gasteiger partial charge in [0.1, 0.15) is 23.2 Å². The first kappa shape index (κ1) is 23.9. The molecule has 0 spiro atoms. The molecular formula is C25H16ClN3O5S. The first-order valence-corrected chi connectivity index (χ1v) is 11.0. The summed E-state index contributed by atoms with van der Waals surface area (Å²) in [6, 6.07) is 16.7. The Morgan fingerprint density at radius 1 is 1.20 bits per heavy atom. The second-order valence-electron chi connectivity index (χ2n) is 7.42. The standard InChI is InChI=1S/C25H16ClN3O5S/c1-14-2-5-16(6-3-14)29-23(31)19(22(30)28-25(29)35)13-17-7-9-21(34-17)15-4-8-20(26)18(12-15)24(32)33-11-10-27/h2-9,12-13H,11H2,1H3,(H,28,30,35)/b19-13+. The Labute approximate surface area is 210 Å². The monoisotopic (exact) mass is 505 g/mol. The molecule has 1 N–H and O–H groups in total. The van der Waals surface area contributed by atoms with E-state index in [1.807, 2.05) is 19.1 Å². The van der Waals surface area contributed by atoms with Crippen molar-refractivity contribution in [3.05, 3.63) is 82.1 Å². The number of ether oxygens (including phenoxy) is 1. The van der Waals surface area contributed by atoms with E-state index in [4.69, 9.17) is 38.2 Å². The van der Waals surface area contributed by atoms with Crippen LogP contribution in [0.5, 0.6) is 0 Å². The van der Waals surface area contributed by atoms with Crippen LogP contribution in [0.2, 0.25) is 5.02 Å². The van der Waals surface area contributed by atoms with Crippen LogP contribution in [-0.4, -0.2) is 29.5 Å². The number of carbonyl (C=O) groups excluding carboxylic acids is 3. The Kier molecular flexibility index (Phi) is 6.78. The summed E-state index contributed by atoms with van der Waals surface area (Å²) in [4.78, 5) is 39.0. The van der Waals surface area contributed by atoms with Gasteiger partial charge in [-0.15, -0.1) is 0 Å². The number of halogens is 1. The molecule has 0 unspecified atom stereocenters. The van der Waals surface area contributed by atoms with E-state index in [1.165, 1.54) is 23.1 Å². The fraction of sp³-hybridized carbons (Fsp3) is 0.0800. The van der Waals surface area contributed by atoms with E-state index in [-0.39, 0.29) is 27.0 Å². The minimum absolute atomic E-state index is 0.0156.